The first-order valence-electron chi connectivity index (χ1n) is 12.3. The smallest absolute Gasteiger partial charge is 0.329 e. The van der Waals surface area contributed by atoms with Crippen LogP contribution in [-0.2, 0) is 23.6 Å². The molecule has 0 unspecified atom stereocenters. The predicted molar refractivity (Wildman–Crippen MR) is 152 cm³/mol. The van der Waals surface area contributed by atoms with Crippen LogP contribution in [0.15, 0.2) is 65.7 Å². The predicted octanol–water partition coefficient (Wildman–Crippen LogP) is 4.17. The number of sulfonamides is 1. The van der Waals surface area contributed by atoms with Gasteiger partial charge >= 0.3 is 5.69 Å². The van der Waals surface area contributed by atoms with E-state index in [4.69, 9.17) is 9.47 Å². The molecule has 0 amide bonds. The summed E-state index contributed by atoms with van der Waals surface area (Å²) in [6, 6.07) is 15.0. The van der Waals surface area contributed by atoms with Crippen LogP contribution in [0, 0.1) is 0 Å². The van der Waals surface area contributed by atoms with Crippen LogP contribution < -0.4 is 19.9 Å². The van der Waals surface area contributed by atoms with Gasteiger partial charge < -0.3 is 9.47 Å². The standard InChI is InChI=1S/C28H29N5O5S/c1-17(2)39(35,36)31-24-13-20(14-30-27(24)38-5)19-8-11-23-22(12-19)26-25(15-29-23)33(28(34)32(26)3)16-18-6-9-21(37-4)10-7-18/h6-15,17,31H,16H2,1-5H3. The first-order chi connectivity index (χ1) is 18.6. The number of rotatable bonds is 8. The van der Waals surface area contributed by atoms with E-state index in [0.29, 0.717) is 17.6 Å². The third kappa shape index (κ3) is 4.81. The Kier molecular flexibility index (Phi) is 6.77. The third-order valence-electron chi connectivity index (χ3n) is 6.71. The number of pyridine rings is 2. The van der Waals surface area contributed by atoms with Gasteiger partial charge in [-0.25, -0.2) is 18.2 Å². The molecule has 1 N–H and O–H groups in total. The van der Waals surface area contributed by atoms with Crippen molar-refractivity contribution in [1.29, 1.82) is 0 Å². The largest absolute Gasteiger partial charge is 0.497 e. The van der Waals surface area contributed by atoms with Crippen molar-refractivity contribution in [2.24, 2.45) is 7.05 Å². The van der Waals surface area contributed by atoms with Crippen LogP contribution in [0.3, 0.4) is 0 Å². The Balaban J connectivity index is 1.62. The second kappa shape index (κ2) is 10.1. The van der Waals surface area contributed by atoms with Crippen LogP contribution in [0.1, 0.15) is 19.4 Å². The maximum absolute atomic E-state index is 13.3. The minimum atomic E-state index is -3.61. The third-order valence-corrected chi connectivity index (χ3v) is 8.46. The Morgan fingerprint density at radius 2 is 1.69 bits per heavy atom. The molecule has 0 saturated heterocycles. The number of ether oxygens (including phenoxy) is 2. The summed E-state index contributed by atoms with van der Waals surface area (Å²) in [5.74, 6) is 0.920. The summed E-state index contributed by atoms with van der Waals surface area (Å²) >= 11 is 0. The summed E-state index contributed by atoms with van der Waals surface area (Å²) in [7, 11) is 1.18. The molecule has 10 nitrogen and oxygen atoms in total. The number of anilines is 1. The molecular weight excluding hydrogens is 518 g/mol. The Morgan fingerprint density at radius 3 is 2.36 bits per heavy atom. The highest BCUT2D eigenvalue weighted by Gasteiger charge is 2.20. The molecule has 5 rings (SSSR count). The van der Waals surface area contributed by atoms with Gasteiger partial charge in [0.05, 0.1) is 48.8 Å². The zero-order valence-electron chi connectivity index (χ0n) is 22.3. The number of fused-ring (bicyclic) bond motifs is 3. The molecule has 0 fully saturated rings. The molecule has 0 spiro atoms. The maximum Gasteiger partial charge on any atom is 0.329 e. The number of aromatic nitrogens is 4. The first kappa shape index (κ1) is 26.2. The molecule has 39 heavy (non-hydrogen) atoms. The summed E-state index contributed by atoms with van der Waals surface area (Å²) in [6.45, 7) is 3.58. The minimum absolute atomic E-state index is 0.156. The molecule has 3 aromatic heterocycles. The normalized spacial score (nSPS) is 11.8. The van der Waals surface area contributed by atoms with E-state index in [1.54, 1.807) is 55.6 Å². The number of imidazole rings is 1. The molecule has 0 atom stereocenters. The molecule has 0 aliphatic rings. The summed E-state index contributed by atoms with van der Waals surface area (Å²) in [4.78, 5) is 22.2. The highest BCUT2D eigenvalue weighted by atomic mass is 32.2. The fourth-order valence-electron chi connectivity index (χ4n) is 4.46. The lowest BCUT2D eigenvalue weighted by atomic mass is 10.0. The van der Waals surface area contributed by atoms with E-state index >= 15 is 0 Å². The minimum Gasteiger partial charge on any atom is -0.497 e. The van der Waals surface area contributed by atoms with E-state index in [2.05, 4.69) is 14.7 Å². The molecule has 202 valence electrons. The van der Waals surface area contributed by atoms with Crippen molar-refractivity contribution in [3.8, 4) is 22.8 Å². The van der Waals surface area contributed by atoms with Gasteiger partial charge in [0.2, 0.25) is 15.9 Å². The summed E-state index contributed by atoms with van der Waals surface area (Å²) in [5, 5.41) is 0.160. The van der Waals surface area contributed by atoms with E-state index in [1.165, 1.54) is 7.11 Å². The van der Waals surface area contributed by atoms with Gasteiger partial charge in [0.15, 0.2) is 0 Å². The quantitative estimate of drug-likeness (QED) is 0.310. The maximum atomic E-state index is 13.3. The van der Waals surface area contributed by atoms with Crippen LogP contribution in [0.5, 0.6) is 11.6 Å². The molecule has 0 bridgehead atoms. The average Bonchev–Trinajstić information content (AvgIpc) is 3.17. The van der Waals surface area contributed by atoms with Gasteiger partial charge in [-0.05, 0) is 55.3 Å². The van der Waals surface area contributed by atoms with Crippen molar-refractivity contribution in [2.45, 2.75) is 25.6 Å². The zero-order chi connectivity index (χ0) is 27.9. The number of hydrogen-bond donors (Lipinski definition) is 1. The van der Waals surface area contributed by atoms with Crippen molar-refractivity contribution in [1.82, 2.24) is 19.1 Å². The number of nitrogens with zero attached hydrogens (tertiary/aromatic N) is 4. The Hall–Kier alpha value is -4.38. The van der Waals surface area contributed by atoms with Crippen molar-refractivity contribution in [3.05, 3.63) is 77.0 Å². The summed E-state index contributed by atoms with van der Waals surface area (Å²) < 4.78 is 41.5. The number of nitrogens with one attached hydrogen (secondary N) is 1. The van der Waals surface area contributed by atoms with Gasteiger partial charge in [0, 0.05) is 24.2 Å². The number of hydrogen-bond acceptors (Lipinski definition) is 7. The van der Waals surface area contributed by atoms with Crippen molar-refractivity contribution in [3.63, 3.8) is 0 Å². The Bertz CT molecular complexity index is 1860. The lowest BCUT2D eigenvalue weighted by Crippen LogP contribution is -2.23. The van der Waals surface area contributed by atoms with E-state index in [-0.39, 0.29) is 17.3 Å². The molecule has 0 aliphatic heterocycles. The van der Waals surface area contributed by atoms with Crippen molar-refractivity contribution < 1.29 is 17.9 Å². The van der Waals surface area contributed by atoms with Gasteiger partial charge in [0.1, 0.15) is 11.4 Å². The highest BCUT2D eigenvalue weighted by molar-refractivity contribution is 7.93. The number of methoxy groups -OCH3 is 2. The van der Waals surface area contributed by atoms with Crippen LogP contribution in [-0.4, -0.2) is 47.0 Å². The van der Waals surface area contributed by atoms with Gasteiger partial charge in [-0.2, -0.15) is 0 Å². The Morgan fingerprint density at radius 1 is 0.949 bits per heavy atom. The lowest BCUT2D eigenvalue weighted by Gasteiger charge is -2.14. The lowest BCUT2D eigenvalue weighted by molar-refractivity contribution is 0.400. The van der Waals surface area contributed by atoms with Gasteiger partial charge in [-0.15, -0.1) is 0 Å². The molecule has 3 heterocycles. The molecule has 0 saturated carbocycles. The number of benzene rings is 2. The fraction of sp³-hybridized carbons (Fsp3) is 0.250. The molecule has 11 heteroatoms. The van der Waals surface area contributed by atoms with Gasteiger partial charge in [-0.3, -0.25) is 18.8 Å². The van der Waals surface area contributed by atoms with Crippen molar-refractivity contribution in [2.75, 3.05) is 18.9 Å². The molecule has 0 radical (unpaired) electrons. The van der Waals surface area contributed by atoms with E-state index < -0.39 is 15.3 Å². The fourth-order valence-corrected chi connectivity index (χ4v) is 5.15. The summed E-state index contributed by atoms with van der Waals surface area (Å²) in [5.41, 5.74) is 4.70. The molecule has 2 aromatic carbocycles. The Labute approximate surface area is 225 Å². The second-order valence-electron chi connectivity index (χ2n) is 9.48. The molecule has 5 aromatic rings. The topological polar surface area (TPSA) is 117 Å². The number of aryl methyl sites for hydroxylation is 1. The second-order valence-corrected chi connectivity index (χ2v) is 11.7. The zero-order valence-corrected chi connectivity index (χ0v) is 23.1. The highest BCUT2D eigenvalue weighted by Crippen LogP contribution is 2.32. The summed E-state index contributed by atoms with van der Waals surface area (Å²) in [6.07, 6.45) is 3.34. The van der Waals surface area contributed by atoms with Crippen LogP contribution in [0.2, 0.25) is 0 Å². The van der Waals surface area contributed by atoms with Crippen LogP contribution >= 0.6 is 0 Å². The van der Waals surface area contributed by atoms with Crippen LogP contribution in [0.25, 0.3) is 33.1 Å². The van der Waals surface area contributed by atoms with Crippen LogP contribution in [0.4, 0.5) is 5.69 Å². The molecular formula is C28H29N5O5S. The van der Waals surface area contributed by atoms with E-state index in [0.717, 1.165) is 33.3 Å². The van der Waals surface area contributed by atoms with Gasteiger partial charge in [0.25, 0.3) is 0 Å². The van der Waals surface area contributed by atoms with Gasteiger partial charge in [-0.1, -0.05) is 18.2 Å². The SMILES string of the molecule is COc1ccc(Cn2c(=O)n(C)c3c4cc(-c5cnc(OC)c(NS(=O)(=O)C(C)C)c5)ccc4ncc32)cc1. The molecule has 0 aliphatic carbocycles. The monoisotopic (exact) mass is 547 g/mol. The van der Waals surface area contributed by atoms with Crippen molar-refractivity contribution >= 4 is 37.6 Å². The average molecular weight is 548 g/mol. The first-order valence-corrected chi connectivity index (χ1v) is 13.8. The van der Waals surface area contributed by atoms with E-state index in [1.807, 2.05) is 42.5 Å². The van der Waals surface area contributed by atoms with E-state index in [9.17, 15) is 13.2 Å².